The standard InChI is InChI=1S/C34H23N3O.C34H31N3O.C32H21N3O.C32H27N3O/c1-36-33(25-35)28-23-32(38-34(24-28)27-11-5-2-6-12-27)22-19-26-17-20-31(21-18-26)37(29-13-7-3-8-14-29)30-15-9-4-10-16-30;1-24-7-14-28(15-8-24)37(29-16-9-25(2)10-17-29)30-18-11-26(12-19-30)13-20-31-21-27(32(23-35)36-6)22-33(38-31)34(3,4)5;1-34-31(23-33)30-22-28(36-32-15-9-8-14-29(30)32)21-18-24-16-19-27(20-17-24)35(25-10-4-2-5-11-25)26-12-6-3-7-13-26;1-32(2,3)31-22-25(30(23-33)34-4)21-29(36-31)20-17-24-15-18-28(19-16-24)35(26-11-7-5-8-12-26)27-13-9-6-10-14-27/h2-24H;7-22H,1-5H3;2-22H;5-22H,1-3H3/b22-19+,33-28-;20-13+,32-27-;21-18+,31-30-;20-17+,30-25-. The number of fused-ring (bicyclic) bond motifs is 1. The monoisotopic (exact) mass is 1920 g/mol. The first kappa shape index (κ1) is 102. The van der Waals surface area contributed by atoms with Crippen molar-refractivity contribution in [3.05, 3.63) is 613 Å². The van der Waals surface area contributed by atoms with Gasteiger partial charge in [-0.15, -0.1) is 0 Å². The van der Waals surface area contributed by atoms with E-state index in [1.807, 2.05) is 278 Å². The van der Waals surface area contributed by atoms with E-state index in [-0.39, 0.29) is 33.6 Å². The first-order valence-corrected chi connectivity index (χ1v) is 47.8. The fraction of sp³-hybridized carbons (Fsp3) is 0.0758. The van der Waals surface area contributed by atoms with Crippen molar-refractivity contribution in [1.82, 2.24) is 0 Å². The van der Waals surface area contributed by atoms with Gasteiger partial charge in [0.1, 0.15) is 46.1 Å². The summed E-state index contributed by atoms with van der Waals surface area (Å²) < 4.78 is 24.4. The molecule has 0 N–H and O–H groups in total. The molecule has 14 aromatic rings. The van der Waals surface area contributed by atoms with Crippen molar-refractivity contribution in [2.45, 2.75) is 55.4 Å². The molecule has 0 atom stereocenters. The van der Waals surface area contributed by atoms with Crippen LogP contribution < -0.4 is 24.3 Å². The van der Waals surface area contributed by atoms with Gasteiger partial charge in [0.2, 0.25) is 0 Å². The summed E-state index contributed by atoms with van der Waals surface area (Å²) in [7, 11) is 0. The van der Waals surface area contributed by atoms with Crippen LogP contribution in [0.15, 0.2) is 523 Å². The van der Waals surface area contributed by atoms with Gasteiger partial charge in [-0.2, -0.15) is 0 Å². The average Bonchev–Trinajstić information content (AvgIpc) is 0.821. The highest BCUT2D eigenvalue weighted by Gasteiger charge is 2.28. The summed E-state index contributed by atoms with van der Waals surface area (Å²) >= 11 is 0. The van der Waals surface area contributed by atoms with Gasteiger partial charge in [-0.1, -0.05) is 307 Å². The topological polar surface area (TPSA) is 162 Å². The molecule has 16 nitrogen and oxygen atoms in total. The Kier molecular flexibility index (Phi) is 33.8. The largest absolute Gasteiger partial charge is 0.461 e. The van der Waals surface area contributed by atoms with E-state index in [1.54, 1.807) is 42.5 Å². The molecule has 14 aromatic carbocycles. The van der Waals surface area contributed by atoms with Crippen LogP contribution in [0.3, 0.4) is 0 Å². The fourth-order valence-corrected chi connectivity index (χ4v) is 16.0. The number of hydrogen-bond donors (Lipinski definition) is 0. The zero-order valence-corrected chi connectivity index (χ0v) is 83.0. The lowest BCUT2D eigenvalue weighted by atomic mass is 9.91. The molecule has 0 amide bonds. The molecule has 148 heavy (non-hydrogen) atoms. The lowest BCUT2D eigenvalue weighted by molar-refractivity contribution is 0.223. The van der Waals surface area contributed by atoms with E-state index in [4.69, 9.17) is 45.2 Å². The number of nitriles is 4. The van der Waals surface area contributed by atoms with Gasteiger partial charge < -0.3 is 38.5 Å². The zero-order chi connectivity index (χ0) is 104. The van der Waals surface area contributed by atoms with E-state index in [0.717, 1.165) is 102 Å². The molecule has 0 aliphatic carbocycles. The van der Waals surface area contributed by atoms with E-state index in [1.165, 1.54) is 11.1 Å². The maximum absolute atomic E-state index is 9.42. The molecule has 18 rings (SSSR count). The van der Waals surface area contributed by atoms with Gasteiger partial charge in [-0.05, 0) is 271 Å². The summed E-state index contributed by atoms with van der Waals surface area (Å²) in [6, 6.07) is 137. The van der Waals surface area contributed by atoms with Crippen molar-refractivity contribution in [3.8, 4) is 30.0 Å². The van der Waals surface area contributed by atoms with Gasteiger partial charge in [0, 0.05) is 95.8 Å². The maximum Gasteiger partial charge on any atom is 0.269 e. The van der Waals surface area contributed by atoms with Crippen molar-refractivity contribution in [3.63, 3.8) is 0 Å². The number of aryl methyl sites for hydroxylation is 2. The molecule has 0 aromatic heterocycles. The molecule has 16 heteroatoms. The zero-order valence-electron chi connectivity index (χ0n) is 83.0. The number of benzene rings is 14. The van der Waals surface area contributed by atoms with Crippen LogP contribution in [0.4, 0.5) is 68.2 Å². The number of para-hydroxylation sites is 7. The minimum Gasteiger partial charge on any atom is -0.461 e. The second-order valence-corrected chi connectivity index (χ2v) is 36.3. The van der Waals surface area contributed by atoms with Crippen LogP contribution in [0, 0.1) is 96.3 Å². The Morgan fingerprint density at radius 3 is 0.757 bits per heavy atom. The number of hydrogen-bond acceptors (Lipinski definition) is 12. The molecule has 0 fully saturated rings. The normalized spacial score (nSPS) is 14.2. The molecule has 4 aliphatic rings. The molecule has 0 bridgehead atoms. The van der Waals surface area contributed by atoms with Crippen molar-refractivity contribution < 1.29 is 18.9 Å². The molecule has 4 aliphatic heterocycles. The van der Waals surface area contributed by atoms with Crippen LogP contribution in [0.5, 0.6) is 5.75 Å². The Labute approximate surface area is 867 Å². The maximum atomic E-state index is 9.42. The second kappa shape index (κ2) is 49.1. The highest BCUT2D eigenvalue weighted by Crippen LogP contribution is 2.44. The second-order valence-electron chi connectivity index (χ2n) is 36.3. The van der Waals surface area contributed by atoms with Crippen LogP contribution >= 0.6 is 0 Å². The lowest BCUT2D eigenvalue weighted by Crippen LogP contribution is -2.15. The van der Waals surface area contributed by atoms with Gasteiger partial charge in [0.25, 0.3) is 22.8 Å². The Hall–Kier alpha value is -20.5. The smallest absolute Gasteiger partial charge is 0.269 e. The Morgan fingerprint density at radius 2 is 0.486 bits per heavy atom. The molecule has 4 heterocycles. The summed E-state index contributed by atoms with van der Waals surface area (Å²) in [6.07, 6.45) is 27.6. The summed E-state index contributed by atoms with van der Waals surface area (Å²) in [6.45, 7) is 45.8. The quantitative estimate of drug-likeness (QED) is 0.0495. The minimum absolute atomic E-state index is 0.0268. The minimum atomic E-state index is -0.266. The predicted octanol–water partition coefficient (Wildman–Crippen LogP) is 35.2. The van der Waals surface area contributed by atoms with E-state index in [0.29, 0.717) is 68.4 Å². The van der Waals surface area contributed by atoms with Gasteiger partial charge >= 0.3 is 0 Å². The molecule has 0 unspecified atom stereocenters. The Balaban J connectivity index is 0.000000148. The molecular formula is C132H102N12O4. The van der Waals surface area contributed by atoms with Gasteiger partial charge in [0.15, 0.2) is 0 Å². The van der Waals surface area contributed by atoms with Gasteiger partial charge in [-0.3, -0.25) is 0 Å². The van der Waals surface area contributed by atoms with Crippen LogP contribution in [-0.4, -0.2) is 0 Å². The molecule has 714 valence electrons. The third kappa shape index (κ3) is 26.6. The Morgan fingerprint density at radius 1 is 0.250 bits per heavy atom. The summed E-state index contributed by atoms with van der Waals surface area (Å²) in [5.74, 6) is 4.96. The summed E-state index contributed by atoms with van der Waals surface area (Å²) in [4.78, 5) is 22.4. The first-order chi connectivity index (χ1) is 72.1. The number of ether oxygens (including phenoxy) is 4. The summed E-state index contributed by atoms with van der Waals surface area (Å²) in [5, 5.41) is 37.6. The lowest BCUT2D eigenvalue weighted by Gasteiger charge is -2.26. The van der Waals surface area contributed by atoms with Crippen LogP contribution in [0.25, 0.3) is 55.0 Å². The highest BCUT2D eigenvalue weighted by molar-refractivity contribution is 5.87. The van der Waals surface area contributed by atoms with Crippen LogP contribution in [0.2, 0.25) is 0 Å². The molecular weight excluding hydrogens is 1820 g/mol. The summed E-state index contributed by atoms with van der Waals surface area (Å²) in [5.41, 5.74) is 22.8. The third-order valence-corrected chi connectivity index (χ3v) is 23.6. The number of nitrogens with zero attached hydrogens (tertiary/aromatic N) is 12. The SMILES string of the molecule is [C-]#[N+]/C(C#N)=C1/C=C(/C=C/c2ccc(N(c3ccccc3)c3ccccc3)cc2)Oc2ccccc21.[C-]#[N+]/C(C#N)=C1C=C(/C=C/c2ccc(N(c3ccc(C)cc3)c3ccc(C)cc3)cc2)OC(C(C)(C)C)=C/1.[C-]#[N+]/C(C#N)=C1C=C(/C=C/c2ccc(N(c3ccccc3)c3ccccc3)cc2)OC(C(C)(C)C)=C/1.[C-]#[N+]/C(C#N)=C1C=C(/C=C/c2ccc(N(c3ccccc3)c3ccccc3)cc2)OC(c2ccccc2)=C/1. The van der Waals surface area contributed by atoms with Gasteiger partial charge in [-0.25, -0.2) is 40.4 Å². The number of rotatable bonds is 21. The average molecular weight is 1920 g/mol. The van der Waals surface area contributed by atoms with E-state index < -0.39 is 0 Å². The van der Waals surface area contributed by atoms with Crippen molar-refractivity contribution in [2.75, 3.05) is 19.6 Å². The van der Waals surface area contributed by atoms with Crippen LogP contribution in [0.1, 0.15) is 86.1 Å². The highest BCUT2D eigenvalue weighted by atomic mass is 16.5. The van der Waals surface area contributed by atoms with E-state index in [2.05, 4.69) is 271 Å². The van der Waals surface area contributed by atoms with E-state index in [9.17, 15) is 21.0 Å². The van der Waals surface area contributed by atoms with Gasteiger partial charge in [0.05, 0.1) is 50.6 Å². The third-order valence-electron chi connectivity index (χ3n) is 23.6. The predicted molar refractivity (Wildman–Crippen MR) is 599 cm³/mol. The molecule has 0 radical (unpaired) electrons. The van der Waals surface area contributed by atoms with Crippen molar-refractivity contribution in [2.24, 2.45) is 10.8 Å². The van der Waals surface area contributed by atoms with E-state index >= 15 is 0 Å². The number of allylic oxidation sites excluding steroid dienone is 21. The van der Waals surface area contributed by atoms with Crippen molar-refractivity contribution in [1.29, 1.82) is 21.0 Å². The van der Waals surface area contributed by atoms with Crippen molar-refractivity contribution >= 4 is 104 Å². The molecule has 0 saturated heterocycles. The molecule has 0 saturated carbocycles. The molecule has 0 spiro atoms. The number of anilines is 12. The fourth-order valence-electron chi connectivity index (χ4n) is 16.0. The Bertz CT molecular complexity index is 7800. The first-order valence-electron chi connectivity index (χ1n) is 47.8. The van der Waals surface area contributed by atoms with Crippen LogP contribution in [-0.2, 0) is 14.2 Å².